The normalized spacial score (nSPS) is 12.2. The Hall–Kier alpha value is -2.20. The van der Waals surface area contributed by atoms with Crippen molar-refractivity contribution in [2.45, 2.75) is 32.9 Å². The average molecular weight is 314 g/mol. The van der Waals surface area contributed by atoms with Crippen LogP contribution in [0.1, 0.15) is 25.0 Å². The summed E-state index contributed by atoms with van der Waals surface area (Å²) in [5, 5.41) is 2.90. The van der Waals surface area contributed by atoms with Crippen LogP contribution in [0, 0.1) is 5.82 Å². The van der Waals surface area contributed by atoms with Crippen LogP contribution in [0.5, 0.6) is 0 Å². The maximum Gasteiger partial charge on any atom is 0.241 e. The highest BCUT2D eigenvalue weighted by atomic mass is 19.1. The van der Waals surface area contributed by atoms with E-state index in [1.807, 2.05) is 43.1 Å². The van der Waals surface area contributed by atoms with E-state index in [0.717, 1.165) is 12.1 Å². The molecule has 122 valence electrons. The lowest BCUT2D eigenvalue weighted by Gasteiger charge is -2.24. The molecule has 0 saturated carbocycles. The lowest BCUT2D eigenvalue weighted by molar-refractivity contribution is -0.120. The second-order valence-electron chi connectivity index (χ2n) is 5.72. The number of carbonyl (C=O) groups is 1. The molecule has 0 heterocycles. The molecule has 2 rings (SSSR count). The molecule has 0 aromatic heterocycles. The van der Waals surface area contributed by atoms with E-state index in [-0.39, 0.29) is 17.8 Å². The van der Waals surface area contributed by atoms with Crippen molar-refractivity contribution in [1.29, 1.82) is 0 Å². The summed E-state index contributed by atoms with van der Waals surface area (Å²) in [4.78, 5) is 14.2. The number of benzene rings is 2. The molecule has 0 bridgehead atoms. The number of rotatable bonds is 6. The molecule has 4 heteroatoms. The summed E-state index contributed by atoms with van der Waals surface area (Å²) < 4.78 is 13.7. The Kier molecular flexibility index (Phi) is 5.88. The number of likely N-dealkylation sites (N-methyl/N-ethyl adjacent to an activating group) is 1. The first kappa shape index (κ1) is 17.2. The van der Waals surface area contributed by atoms with Crippen LogP contribution in [0.3, 0.4) is 0 Å². The molecule has 2 aromatic carbocycles. The van der Waals surface area contributed by atoms with Crippen molar-refractivity contribution in [2.75, 3.05) is 12.4 Å². The highest BCUT2D eigenvalue weighted by Gasteiger charge is 2.19. The lowest BCUT2D eigenvalue weighted by Crippen LogP contribution is -2.39. The summed E-state index contributed by atoms with van der Waals surface area (Å²) in [6.07, 6.45) is 0.968. The number of carbonyl (C=O) groups excluding carboxylic acids is 1. The summed E-state index contributed by atoms with van der Waals surface area (Å²) >= 11 is 0. The second kappa shape index (κ2) is 7.88. The highest BCUT2D eigenvalue weighted by molar-refractivity contribution is 5.94. The van der Waals surface area contributed by atoms with E-state index < -0.39 is 0 Å². The van der Waals surface area contributed by atoms with Crippen LogP contribution in [0.4, 0.5) is 10.1 Å². The van der Waals surface area contributed by atoms with E-state index in [1.54, 1.807) is 18.2 Å². The van der Waals surface area contributed by atoms with Crippen LogP contribution in [0.25, 0.3) is 0 Å². The minimum atomic E-state index is -0.361. The van der Waals surface area contributed by atoms with E-state index in [2.05, 4.69) is 12.2 Å². The summed E-state index contributed by atoms with van der Waals surface area (Å²) in [6.45, 7) is 4.29. The van der Waals surface area contributed by atoms with Crippen molar-refractivity contribution in [3.05, 3.63) is 65.5 Å². The van der Waals surface area contributed by atoms with E-state index >= 15 is 0 Å². The molecule has 0 aliphatic heterocycles. The molecule has 2 aromatic rings. The fourth-order valence-corrected chi connectivity index (χ4v) is 2.30. The van der Waals surface area contributed by atoms with Gasteiger partial charge in [0.25, 0.3) is 0 Å². The Morgan fingerprint density at radius 2 is 1.83 bits per heavy atom. The summed E-state index contributed by atoms with van der Waals surface area (Å²) in [5.74, 6) is -0.352. The zero-order valence-corrected chi connectivity index (χ0v) is 13.8. The van der Waals surface area contributed by atoms with Crippen molar-refractivity contribution in [1.82, 2.24) is 4.90 Å². The van der Waals surface area contributed by atoms with Gasteiger partial charge in [0.2, 0.25) is 5.91 Å². The van der Waals surface area contributed by atoms with Gasteiger partial charge in [0.05, 0.1) is 6.04 Å². The fraction of sp³-hybridized carbons (Fsp3) is 0.316. The topological polar surface area (TPSA) is 32.3 Å². The number of hydrogen-bond donors (Lipinski definition) is 1. The third-order valence-corrected chi connectivity index (χ3v) is 4.05. The summed E-state index contributed by atoms with van der Waals surface area (Å²) in [6, 6.07) is 14.1. The molecular weight excluding hydrogens is 291 g/mol. The lowest BCUT2D eigenvalue weighted by atomic mass is 10.1. The van der Waals surface area contributed by atoms with Gasteiger partial charge in [-0.3, -0.25) is 9.69 Å². The largest absolute Gasteiger partial charge is 0.325 e. The zero-order chi connectivity index (χ0) is 16.8. The van der Waals surface area contributed by atoms with Gasteiger partial charge in [-0.25, -0.2) is 4.39 Å². The van der Waals surface area contributed by atoms with Gasteiger partial charge in [-0.1, -0.05) is 37.3 Å². The number of anilines is 1. The Morgan fingerprint density at radius 1 is 1.17 bits per heavy atom. The predicted molar refractivity (Wildman–Crippen MR) is 91.8 cm³/mol. The molecule has 0 radical (unpaired) electrons. The molecule has 0 saturated heterocycles. The molecular formula is C19H23FN2O. The van der Waals surface area contributed by atoms with Crippen LogP contribution in [-0.4, -0.2) is 23.9 Å². The number of hydrogen-bond acceptors (Lipinski definition) is 2. The van der Waals surface area contributed by atoms with Gasteiger partial charge in [-0.2, -0.15) is 0 Å². The van der Waals surface area contributed by atoms with Crippen LogP contribution in [0.15, 0.2) is 48.5 Å². The molecule has 0 unspecified atom stereocenters. The van der Waals surface area contributed by atoms with Crippen molar-refractivity contribution in [2.24, 2.45) is 0 Å². The quantitative estimate of drug-likeness (QED) is 0.878. The summed E-state index contributed by atoms with van der Waals surface area (Å²) in [7, 11) is 1.82. The van der Waals surface area contributed by atoms with Crippen LogP contribution in [0.2, 0.25) is 0 Å². The second-order valence-corrected chi connectivity index (χ2v) is 5.72. The molecule has 0 fully saturated rings. The molecule has 1 amide bonds. The zero-order valence-electron chi connectivity index (χ0n) is 13.8. The smallest absolute Gasteiger partial charge is 0.241 e. The highest BCUT2D eigenvalue weighted by Crippen LogP contribution is 2.13. The number of amides is 1. The van der Waals surface area contributed by atoms with Gasteiger partial charge in [0, 0.05) is 17.8 Å². The third-order valence-electron chi connectivity index (χ3n) is 4.05. The Bertz CT molecular complexity index is 655. The van der Waals surface area contributed by atoms with Crippen LogP contribution in [-0.2, 0) is 17.8 Å². The van der Waals surface area contributed by atoms with Gasteiger partial charge >= 0.3 is 0 Å². The van der Waals surface area contributed by atoms with Crippen molar-refractivity contribution in [3.63, 3.8) is 0 Å². The maximum absolute atomic E-state index is 13.7. The first-order valence-corrected chi connectivity index (χ1v) is 7.84. The molecule has 23 heavy (non-hydrogen) atoms. The standard InChI is InChI=1S/C19H23FN2O/c1-4-15-9-11-17(12-10-15)21-19(23)14(2)22(3)13-16-7-5-6-8-18(16)20/h5-12,14H,4,13H2,1-3H3,(H,21,23)/t14-/m0/s1. The Labute approximate surface area is 137 Å². The minimum Gasteiger partial charge on any atom is -0.325 e. The molecule has 0 aliphatic carbocycles. The van der Waals surface area contributed by atoms with Gasteiger partial charge in [-0.15, -0.1) is 0 Å². The van der Waals surface area contributed by atoms with Gasteiger partial charge < -0.3 is 5.32 Å². The Balaban J connectivity index is 1.96. The van der Waals surface area contributed by atoms with Gasteiger partial charge in [0.1, 0.15) is 5.82 Å². The minimum absolute atomic E-state index is 0.104. The van der Waals surface area contributed by atoms with Gasteiger partial charge in [-0.05, 0) is 44.2 Å². The predicted octanol–water partition coefficient (Wildman–Crippen LogP) is 3.85. The van der Waals surface area contributed by atoms with Crippen LogP contribution >= 0.6 is 0 Å². The van der Waals surface area contributed by atoms with E-state index in [0.29, 0.717) is 12.1 Å². The molecule has 1 atom stereocenters. The molecule has 0 aliphatic rings. The summed E-state index contributed by atoms with van der Waals surface area (Å²) in [5.41, 5.74) is 2.59. The first-order chi connectivity index (χ1) is 11.0. The molecule has 0 spiro atoms. The third kappa shape index (κ3) is 4.63. The monoisotopic (exact) mass is 314 g/mol. The van der Waals surface area contributed by atoms with E-state index in [1.165, 1.54) is 11.6 Å². The van der Waals surface area contributed by atoms with E-state index in [9.17, 15) is 9.18 Å². The molecule has 3 nitrogen and oxygen atoms in total. The van der Waals surface area contributed by atoms with E-state index in [4.69, 9.17) is 0 Å². The average Bonchev–Trinajstić information content (AvgIpc) is 2.56. The van der Waals surface area contributed by atoms with Crippen molar-refractivity contribution < 1.29 is 9.18 Å². The number of nitrogens with one attached hydrogen (secondary N) is 1. The SMILES string of the molecule is CCc1ccc(NC(=O)[C@H](C)N(C)Cc2ccccc2F)cc1. The molecule has 1 N–H and O–H groups in total. The van der Waals surface area contributed by atoms with Gasteiger partial charge in [0.15, 0.2) is 0 Å². The maximum atomic E-state index is 13.7. The first-order valence-electron chi connectivity index (χ1n) is 7.84. The number of halogens is 1. The Morgan fingerprint density at radius 3 is 2.43 bits per heavy atom. The van der Waals surface area contributed by atoms with Crippen LogP contribution < -0.4 is 5.32 Å². The number of nitrogens with zero attached hydrogens (tertiary/aromatic N) is 1. The van der Waals surface area contributed by atoms with Crippen molar-refractivity contribution >= 4 is 11.6 Å². The number of aryl methyl sites for hydroxylation is 1. The van der Waals surface area contributed by atoms with Crippen molar-refractivity contribution in [3.8, 4) is 0 Å². The fourth-order valence-electron chi connectivity index (χ4n) is 2.30.